The van der Waals surface area contributed by atoms with Crippen LogP contribution in [-0.2, 0) is 4.79 Å². The number of amides is 1. The standard InChI is InChI=1S/C13H14N2O/c1-3-15-10(2)14-12(13(15)16)9-11-7-5-4-6-8-11/h4-9H,3H2,1-2H3/b12-9+. The van der Waals surface area contributed by atoms with Gasteiger partial charge in [0.25, 0.3) is 5.91 Å². The summed E-state index contributed by atoms with van der Waals surface area (Å²) in [5.74, 6) is 0.763. The lowest BCUT2D eigenvalue weighted by molar-refractivity contribution is -0.122. The van der Waals surface area contributed by atoms with Crippen LogP contribution in [0.1, 0.15) is 19.4 Å². The van der Waals surface area contributed by atoms with Crippen molar-refractivity contribution in [2.45, 2.75) is 13.8 Å². The third-order valence-corrected chi connectivity index (χ3v) is 2.56. The number of amidine groups is 1. The van der Waals surface area contributed by atoms with Crippen molar-refractivity contribution in [1.82, 2.24) is 4.90 Å². The molecule has 0 saturated carbocycles. The van der Waals surface area contributed by atoms with E-state index in [1.807, 2.05) is 50.3 Å². The number of hydrogen-bond donors (Lipinski definition) is 0. The first kappa shape index (κ1) is 10.6. The molecule has 1 aromatic carbocycles. The van der Waals surface area contributed by atoms with Crippen molar-refractivity contribution in [3.8, 4) is 0 Å². The minimum atomic E-state index is -0.0103. The number of carbonyl (C=O) groups is 1. The van der Waals surface area contributed by atoms with Gasteiger partial charge in [0.05, 0.1) is 0 Å². The number of benzene rings is 1. The molecule has 1 heterocycles. The molecule has 0 spiro atoms. The van der Waals surface area contributed by atoms with Crippen LogP contribution < -0.4 is 0 Å². The maximum absolute atomic E-state index is 11.9. The number of aliphatic imine (C=N–C) groups is 1. The summed E-state index contributed by atoms with van der Waals surface area (Å²) in [7, 11) is 0. The van der Waals surface area contributed by atoms with E-state index in [9.17, 15) is 4.79 Å². The van der Waals surface area contributed by atoms with Gasteiger partial charge in [0.2, 0.25) is 0 Å². The third-order valence-electron chi connectivity index (χ3n) is 2.56. The van der Waals surface area contributed by atoms with E-state index in [0.29, 0.717) is 12.2 Å². The van der Waals surface area contributed by atoms with Gasteiger partial charge >= 0.3 is 0 Å². The Balaban J connectivity index is 2.31. The third kappa shape index (κ3) is 1.89. The minimum Gasteiger partial charge on any atom is -0.295 e. The highest BCUT2D eigenvalue weighted by molar-refractivity contribution is 6.13. The maximum atomic E-state index is 11.9. The molecule has 0 aliphatic carbocycles. The molecule has 0 fully saturated rings. The van der Waals surface area contributed by atoms with Gasteiger partial charge < -0.3 is 0 Å². The molecule has 1 aromatic rings. The summed E-state index contributed by atoms with van der Waals surface area (Å²) >= 11 is 0. The summed E-state index contributed by atoms with van der Waals surface area (Å²) in [6.07, 6.45) is 1.82. The average Bonchev–Trinajstić information content (AvgIpc) is 2.55. The second-order valence-corrected chi connectivity index (χ2v) is 3.65. The number of nitrogens with zero attached hydrogens (tertiary/aromatic N) is 2. The van der Waals surface area contributed by atoms with Crippen LogP contribution >= 0.6 is 0 Å². The van der Waals surface area contributed by atoms with Crippen molar-refractivity contribution < 1.29 is 4.79 Å². The monoisotopic (exact) mass is 214 g/mol. The normalized spacial score (nSPS) is 18.1. The Kier molecular flexibility index (Phi) is 2.86. The molecule has 0 N–H and O–H groups in total. The number of likely N-dealkylation sites (N-methyl/N-ethyl adjacent to an activating group) is 1. The van der Waals surface area contributed by atoms with Gasteiger partial charge in [0.1, 0.15) is 11.5 Å². The van der Waals surface area contributed by atoms with Gasteiger partial charge in [-0.05, 0) is 25.5 Å². The van der Waals surface area contributed by atoms with Gasteiger partial charge in [-0.3, -0.25) is 9.69 Å². The summed E-state index contributed by atoms with van der Waals surface area (Å²) in [5, 5.41) is 0. The fraction of sp³-hybridized carbons (Fsp3) is 0.231. The van der Waals surface area contributed by atoms with Crippen LogP contribution in [0, 0.1) is 0 Å². The zero-order valence-electron chi connectivity index (χ0n) is 9.47. The van der Waals surface area contributed by atoms with Crippen molar-refractivity contribution in [3.05, 3.63) is 41.6 Å². The van der Waals surface area contributed by atoms with Crippen LogP contribution in [0.4, 0.5) is 0 Å². The second kappa shape index (κ2) is 4.31. The molecular formula is C13H14N2O. The molecule has 1 aliphatic rings. The summed E-state index contributed by atoms with van der Waals surface area (Å²) < 4.78 is 0. The zero-order chi connectivity index (χ0) is 11.5. The fourth-order valence-corrected chi connectivity index (χ4v) is 1.74. The summed E-state index contributed by atoms with van der Waals surface area (Å²) in [4.78, 5) is 17.8. The van der Waals surface area contributed by atoms with Crippen LogP contribution in [0.15, 0.2) is 41.0 Å². The molecule has 1 amide bonds. The van der Waals surface area contributed by atoms with E-state index >= 15 is 0 Å². The Morgan fingerprint density at radius 2 is 2.00 bits per heavy atom. The quantitative estimate of drug-likeness (QED) is 0.695. The highest BCUT2D eigenvalue weighted by Crippen LogP contribution is 2.17. The summed E-state index contributed by atoms with van der Waals surface area (Å²) in [6, 6.07) is 9.75. The van der Waals surface area contributed by atoms with Gasteiger partial charge in [-0.15, -0.1) is 0 Å². The van der Waals surface area contributed by atoms with Crippen LogP contribution in [-0.4, -0.2) is 23.2 Å². The van der Waals surface area contributed by atoms with Gasteiger partial charge in [0.15, 0.2) is 0 Å². The molecule has 3 heteroatoms. The average molecular weight is 214 g/mol. The van der Waals surface area contributed by atoms with Gasteiger partial charge in [-0.2, -0.15) is 0 Å². The fourth-order valence-electron chi connectivity index (χ4n) is 1.74. The van der Waals surface area contributed by atoms with E-state index in [-0.39, 0.29) is 5.91 Å². The van der Waals surface area contributed by atoms with Crippen molar-refractivity contribution >= 4 is 17.8 Å². The first-order chi connectivity index (χ1) is 7.72. The predicted octanol–water partition coefficient (Wildman–Crippen LogP) is 2.31. The molecular weight excluding hydrogens is 200 g/mol. The van der Waals surface area contributed by atoms with Gasteiger partial charge in [-0.25, -0.2) is 4.99 Å². The molecule has 3 nitrogen and oxygen atoms in total. The Bertz CT molecular complexity index is 460. The lowest BCUT2D eigenvalue weighted by Gasteiger charge is -2.11. The highest BCUT2D eigenvalue weighted by Gasteiger charge is 2.25. The maximum Gasteiger partial charge on any atom is 0.277 e. The van der Waals surface area contributed by atoms with E-state index in [0.717, 1.165) is 11.4 Å². The molecule has 0 radical (unpaired) electrons. The van der Waals surface area contributed by atoms with Gasteiger partial charge in [-0.1, -0.05) is 30.3 Å². The first-order valence-electron chi connectivity index (χ1n) is 5.36. The molecule has 2 rings (SSSR count). The Morgan fingerprint density at radius 1 is 1.31 bits per heavy atom. The Labute approximate surface area is 95.1 Å². The number of rotatable bonds is 2. The van der Waals surface area contributed by atoms with Crippen LogP contribution in [0.5, 0.6) is 0 Å². The van der Waals surface area contributed by atoms with E-state index in [1.165, 1.54) is 0 Å². The van der Waals surface area contributed by atoms with Crippen molar-refractivity contribution in [2.24, 2.45) is 4.99 Å². The van der Waals surface area contributed by atoms with Crippen molar-refractivity contribution in [3.63, 3.8) is 0 Å². The highest BCUT2D eigenvalue weighted by atomic mass is 16.2. The largest absolute Gasteiger partial charge is 0.295 e. The van der Waals surface area contributed by atoms with E-state index in [1.54, 1.807) is 4.90 Å². The van der Waals surface area contributed by atoms with E-state index < -0.39 is 0 Å². The smallest absolute Gasteiger partial charge is 0.277 e. The van der Waals surface area contributed by atoms with Crippen LogP contribution in [0.3, 0.4) is 0 Å². The molecule has 16 heavy (non-hydrogen) atoms. The van der Waals surface area contributed by atoms with E-state index in [4.69, 9.17) is 0 Å². The number of carbonyl (C=O) groups excluding carboxylic acids is 1. The SMILES string of the molecule is CCN1C(=O)/C(=C\c2ccccc2)N=C1C. The zero-order valence-corrected chi connectivity index (χ0v) is 9.47. The lowest BCUT2D eigenvalue weighted by atomic mass is 10.2. The second-order valence-electron chi connectivity index (χ2n) is 3.65. The topological polar surface area (TPSA) is 32.7 Å². The van der Waals surface area contributed by atoms with E-state index in [2.05, 4.69) is 4.99 Å². The van der Waals surface area contributed by atoms with Crippen LogP contribution in [0.2, 0.25) is 0 Å². The Morgan fingerprint density at radius 3 is 2.56 bits per heavy atom. The molecule has 0 aromatic heterocycles. The predicted molar refractivity (Wildman–Crippen MR) is 64.9 cm³/mol. The number of hydrogen-bond acceptors (Lipinski definition) is 2. The Hall–Kier alpha value is -1.90. The molecule has 0 atom stereocenters. The molecule has 0 unspecified atom stereocenters. The molecule has 0 bridgehead atoms. The first-order valence-corrected chi connectivity index (χ1v) is 5.36. The lowest BCUT2D eigenvalue weighted by Crippen LogP contribution is -2.29. The van der Waals surface area contributed by atoms with Crippen molar-refractivity contribution in [2.75, 3.05) is 6.54 Å². The molecule has 1 aliphatic heterocycles. The van der Waals surface area contributed by atoms with Crippen LogP contribution in [0.25, 0.3) is 6.08 Å². The van der Waals surface area contributed by atoms with Gasteiger partial charge in [0, 0.05) is 6.54 Å². The minimum absolute atomic E-state index is 0.0103. The molecule has 0 saturated heterocycles. The summed E-state index contributed by atoms with van der Waals surface area (Å²) in [5.41, 5.74) is 1.52. The summed E-state index contributed by atoms with van der Waals surface area (Å²) in [6.45, 7) is 4.47. The molecule has 82 valence electrons. The van der Waals surface area contributed by atoms with Crippen molar-refractivity contribution in [1.29, 1.82) is 0 Å².